The molecule has 20 heavy (non-hydrogen) atoms. The van der Waals surface area contributed by atoms with Gasteiger partial charge in [-0.15, -0.1) is 0 Å². The SMILES string of the molecule is O=C(O)NC1CCC(NC2Cc3ccccc3C2)CC1. The zero-order valence-corrected chi connectivity index (χ0v) is 11.6. The Morgan fingerprint density at radius 3 is 2.05 bits per heavy atom. The van der Waals surface area contributed by atoms with Gasteiger partial charge >= 0.3 is 6.09 Å². The highest BCUT2D eigenvalue weighted by Crippen LogP contribution is 2.25. The van der Waals surface area contributed by atoms with Crippen molar-refractivity contribution >= 4 is 6.09 Å². The van der Waals surface area contributed by atoms with E-state index in [1.807, 2.05) is 0 Å². The molecule has 0 spiro atoms. The molecule has 2 aliphatic carbocycles. The maximum absolute atomic E-state index is 10.6. The maximum Gasteiger partial charge on any atom is 0.404 e. The summed E-state index contributed by atoms with van der Waals surface area (Å²) in [4.78, 5) is 10.6. The minimum atomic E-state index is -0.896. The Labute approximate surface area is 119 Å². The van der Waals surface area contributed by atoms with Crippen molar-refractivity contribution in [2.75, 3.05) is 0 Å². The van der Waals surface area contributed by atoms with E-state index in [4.69, 9.17) is 5.11 Å². The first-order valence-corrected chi connectivity index (χ1v) is 7.53. The van der Waals surface area contributed by atoms with Crippen LogP contribution in [-0.4, -0.2) is 29.3 Å². The summed E-state index contributed by atoms with van der Waals surface area (Å²) in [5.74, 6) is 0. The molecule has 4 nitrogen and oxygen atoms in total. The third-order valence-corrected chi connectivity index (χ3v) is 4.58. The fraction of sp³-hybridized carbons (Fsp3) is 0.562. The smallest absolute Gasteiger partial charge is 0.404 e. The monoisotopic (exact) mass is 274 g/mol. The van der Waals surface area contributed by atoms with Crippen LogP contribution in [0.5, 0.6) is 0 Å². The normalized spacial score (nSPS) is 26.2. The van der Waals surface area contributed by atoms with Gasteiger partial charge in [-0.25, -0.2) is 4.79 Å². The number of rotatable bonds is 3. The summed E-state index contributed by atoms with van der Waals surface area (Å²) in [7, 11) is 0. The molecule has 108 valence electrons. The van der Waals surface area contributed by atoms with Gasteiger partial charge in [0.25, 0.3) is 0 Å². The van der Waals surface area contributed by atoms with E-state index in [2.05, 4.69) is 34.9 Å². The lowest BCUT2D eigenvalue weighted by Crippen LogP contribution is -2.45. The van der Waals surface area contributed by atoms with Crippen LogP contribution in [0.4, 0.5) is 4.79 Å². The molecule has 1 amide bonds. The number of benzene rings is 1. The van der Waals surface area contributed by atoms with Gasteiger partial charge < -0.3 is 15.7 Å². The minimum absolute atomic E-state index is 0.145. The second kappa shape index (κ2) is 5.83. The fourth-order valence-electron chi connectivity index (χ4n) is 3.59. The molecule has 1 aromatic carbocycles. The van der Waals surface area contributed by atoms with Crippen molar-refractivity contribution in [3.63, 3.8) is 0 Å². The van der Waals surface area contributed by atoms with Crippen LogP contribution in [0, 0.1) is 0 Å². The Kier molecular flexibility index (Phi) is 3.92. The van der Waals surface area contributed by atoms with Crippen molar-refractivity contribution in [2.24, 2.45) is 0 Å². The molecular weight excluding hydrogens is 252 g/mol. The van der Waals surface area contributed by atoms with E-state index in [1.54, 1.807) is 0 Å². The number of carbonyl (C=O) groups is 1. The van der Waals surface area contributed by atoms with Crippen molar-refractivity contribution in [1.82, 2.24) is 10.6 Å². The van der Waals surface area contributed by atoms with Crippen LogP contribution in [0.2, 0.25) is 0 Å². The molecule has 0 heterocycles. The number of fused-ring (bicyclic) bond motifs is 1. The van der Waals surface area contributed by atoms with Crippen LogP contribution >= 0.6 is 0 Å². The van der Waals surface area contributed by atoms with E-state index in [9.17, 15) is 4.79 Å². The molecule has 0 saturated heterocycles. The summed E-state index contributed by atoms with van der Waals surface area (Å²) in [6, 6.07) is 9.93. The van der Waals surface area contributed by atoms with Crippen LogP contribution in [0.3, 0.4) is 0 Å². The average Bonchev–Trinajstić information content (AvgIpc) is 2.82. The number of carboxylic acid groups (broad SMARTS) is 1. The second-order valence-electron chi connectivity index (χ2n) is 6.04. The Hall–Kier alpha value is -1.55. The topological polar surface area (TPSA) is 61.4 Å². The lowest BCUT2D eigenvalue weighted by Gasteiger charge is -2.31. The van der Waals surface area contributed by atoms with E-state index < -0.39 is 6.09 Å². The summed E-state index contributed by atoms with van der Waals surface area (Å²) in [6.45, 7) is 0. The molecule has 3 rings (SSSR count). The first kappa shape index (κ1) is 13.4. The molecule has 0 aliphatic heterocycles. The van der Waals surface area contributed by atoms with Crippen molar-refractivity contribution in [3.05, 3.63) is 35.4 Å². The van der Waals surface area contributed by atoms with E-state index in [0.29, 0.717) is 12.1 Å². The van der Waals surface area contributed by atoms with Gasteiger partial charge in [-0.05, 0) is 49.7 Å². The molecule has 1 saturated carbocycles. The number of hydrogen-bond donors (Lipinski definition) is 3. The summed E-state index contributed by atoms with van der Waals surface area (Å²) in [5, 5.41) is 15.1. The average molecular weight is 274 g/mol. The standard InChI is InChI=1S/C16H22N2O2/c19-16(20)18-14-7-5-13(6-8-14)17-15-9-11-3-1-2-4-12(11)10-15/h1-4,13-15,17-18H,5-10H2,(H,19,20). The number of nitrogens with one attached hydrogen (secondary N) is 2. The Morgan fingerprint density at radius 1 is 0.950 bits per heavy atom. The van der Waals surface area contributed by atoms with Crippen LogP contribution in [0.15, 0.2) is 24.3 Å². The highest BCUT2D eigenvalue weighted by atomic mass is 16.4. The van der Waals surface area contributed by atoms with Crippen molar-refractivity contribution < 1.29 is 9.90 Å². The highest BCUT2D eigenvalue weighted by Gasteiger charge is 2.27. The Balaban J connectivity index is 1.46. The van der Waals surface area contributed by atoms with Crippen molar-refractivity contribution in [1.29, 1.82) is 0 Å². The summed E-state index contributed by atoms with van der Waals surface area (Å²) in [6.07, 6.45) is 5.39. The third-order valence-electron chi connectivity index (χ3n) is 4.58. The lowest BCUT2D eigenvalue weighted by atomic mass is 9.90. The van der Waals surface area contributed by atoms with Crippen LogP contribution in [0.25, 0.3) is 0 Å². The van der Waals surface area contributed by atoms with Crippen LogP contribution in [0.1, 0.15) is 36.8 Å². The predicted molar refractivity (Wildman–Crippen MR) is 78.0 cm³/mol. The fourth-order valence-corrected chi connectivity index (χ4v) is 3.59. The van der Waals surface area contributed by atoms with Crippen molar-refractivity contribution in [2.45, 2.75) is 56.7 Å². The maximum atomic E-state index is 10.6. The zero-order chi connectivity index (χ0) is 13.9. The number of amides is 1. The molecule has 2 aliphatic rings. The molecule has 0 unspecified atom stereocenters. The van der Waals surface area contributed by atoms with Crippen LogP contribution < -0.4 is 10.6 Å². The Morgan fingerprint density at radius 2 is 1.50 bits per heavy atom. The third kappa shape index (κ3) is 3.12. The highest BCUT2D eigenvalue weighted by molar-refractivity contribution is 5.64. The van der Waals surface area contributed by atoms with Gasteiger partial charge in [-0.3, -0.25) is 0 Å². The molecule has 3 N–H and O–H groups in total. The molecule has 1 fully saturated rings. The van der Waals surface area contributed by atoms with E-state index in [-0.39, 0.29) is 6.04 Å². The van der Waals surface area contributed by atoms with Gasteiger partial charge in [0.2, 0.25) is 0 Å². The van der Waals surface area contributed by atoms with Gasteiger partial charge in [-0.2, -0.15) is 0 Å². The predicted octanol–water partition coefficient (Wildman–Crippen LogP) is 2.32. The zero-order valence-electron chi connectivity index (χ0n) is 11.6. The van der Waals surface area contributed by atoms with Crippen LogP contribution in [-0.2, 0) is 12.8 Å². The molecule has 0 radical (unpaired) electrons. The second-order valence-corrected chi connectivity index (χ2v) is 6.04. The van der Waals surface area contributed by atoms with Gasteiger partial charge in [0.05, 0.1) is 0 Å². The first-order valence-electron chi connectivity index (χ1n) is 7.53. The Bertz CT molecular complexity index is 456. The summed E-state index contributed by atoms with van der Waals surface area (Å²) in [5.41, 5.74) is 2.96. The van der Waals surface area contributed by atoms with Crippen molar-refractivity contribution in [3.8, 4) is 0 Å². The first-order chi connectivity index (χ1) is 9.70. The van der Waals surface area contributed by atoms with E-state index in [1.165, 1.54) is 11.1 Å². The largest absolute Gasteiger partial charge is 0.465 e. The minimum Gasteiger partial charge on any atom is -0.465 e. The number of hydrogen-bond acceptors (Lipinski definition) is 2. The summed E-state index contributed by atoms with van der Waals surface area (Å²) >= 11 is 0. The summed E-state index contributed by atoms with van der Waals surface area (Å²) < 4.78 is 0. The van der Waals surface area contributed by atoms with Gasteiger partial charge in [0.1, 0.15) is 0 Å². The van der Waals surface area contributed by atoms with Gasteiger partial charge in [0, 0.05) is 18.1 Å². The molecule has 4 heteroatoms. The molecular formula is C16H22N2O2. The molecule has 0 bridgehead atoms. The molecule has 0 aromatic heterocycles. The lowest BCUT2D eigenvalue weighted by molar-refractivity contribution is 0.183. The molecule has 1 aromatic rings. The quantitative estimate of drug-likeness (QED) is 0.792. The molecule has 0 atom stereocenters. The van der Waals surface area contributed by atoms with E-state index >= 15 is 0 Å². The van der Waals surface area contributed by atoms with E-state index in [0.717, 1.165) is 38.5 Å². The van der Waals surface area contributed by atoms with Gasteiger partial charge in [-0.1, -0.05) is 24.3 Å². The van der Waals surface area contributed by atoms with Gasteiger partial charge in [0.15, 0.2) is 0 Å².